The molecule has 0 saturated carbocycles. The second kappa shape index (κ2) is 12.8. The highest BCUT2D eigenvalue weighted by Gasteiger charge is 2.38. The highest BCUT2D eigenvalue weighted by molar-refractivity contribution is 7.58. The van der Waals surface area contributed by atoms with Crippen LogP contribution in [0.4, 0.5) is 0 Å². The lowest BCUT2D eigenvalue weighted by molar-refractivity contribution is -0.397. The summed E-state index contributed by atoms with van der Waals surface area (Å²) in [5.41, 5.74) is 7.38. The minimum Gasteiger partial charge on any atom is -1.00 e. The summed E-state index contributed by atoms with van der Waals surface area (Å²) in [6.45, 7) is 1.36. The minimum absolute atomic E-state index is 0. The summed E-state index contributed by atoms with van der Waals surface area (Å²) in [7, 11) is -3.90. The van der Waals surface area contributed by atoms with Crippen LogP contribution in [0.3, 0.4) is 0 Å². The van der Waals surface area contributed by atoms with E-state index in [1.165, 1.54) is 6.92 Å². The van der Waals surface area contributed by atoms with Gasteiger partial charge >= 0.3 is 5.97 Å². The van der Waals surface area contributed by atoms with E-state index in [4.69, 9.17) is 0 Å². The van der Waals surface area contributed by atoms with Crippen molar-refractivity contribution in [2.24, 2.45) is 5.92 Å². The molecule has 4 atom stereocenters. The molecule has 186 valence electrons. The number of carbonyl (C=O) groups is 2. The summed E-state index contributed by atoms with van der Waals surface area (Å²) in [6, 6.07) is 25.2. The van der Waals surface area contributed by atoms with Gasteiger partial charge in [-0.15, -0.1) is 0 Å². The molecule has 0 aromatic heterocycles. The number of carboxylic acid groups (broad SMARTS) is 1. The predicted octanol–water partition coefficient (Wildman–Crippen LogP) is 0.317. The Morgan fingerprint density at radius 3 is 1.97 bits per heavy atom. The SMILES string of the molecule is C[C@H](NC(=O)[C@@H](Cc1ccc(-c2ccccc2)cc1)CP(=O)(O)[C@@H]([NH3+])c1ccccc1)C(=O)O.[Br-]. The molecule has 1 amide bonds. The van der Waals surface area contributed by atoms with Crippen LogP contribution in [0, 0.1) is 5.92 Å². The molecular formula is C26H30BrN2O5P. The van der Waals surface area contributed by atoms with Crippen molar-refractivity contribution in [1.82, 2.24) is 5.32 Å². The van der Waals surface area contributed by atoms with E-state index in [0.29, 0.717) is 5.56 Å². The first-order valence-corrected chi connectivity index (χ1v) is 13.0. The smallest absolute Gasteiger partial charge is 0.325 e. The first-order valence-electron chi connectivity index (χ1n) is 11.0. The quantitative estimate of drug-likeness (QED) is 0.265. The molecule has 35 heavy (non-hydrogen) atoms. The summed E-state index contributed by atoms with van der Waals surface area (Å²) in [5.74, 6) is -3.54. The summed E-state index contributed by atoms with van der Waals surface area (Å²) >= 11 is 0. The Labute approximate surface area is 215 Å². The topological polar surface area (TPSA) is 131 Å². The second-order valence-electron chi connectivity index (χ2n) is 8.40. The van der Waals surface area contributed by atoms with Crippen LogP contribution < -0.4 is 28.0 Å². The van der Waals surface area contributed by atoms with Gasteiger partial charge in [0.25, 0.3) is 7.37 Å². The van der Waals surface area contributed by atoms with Crippen molar-refractivity contribution in [3.05, 3.63) is 96.1 Å². The Hall–Kier alpha value is -2.77. The van der Waals surface area contributed by atoms with Gasteiger partial charge in [0, 0.05) is 11.7 Å². The van der Waals surface area contributed by atoms with Crippen molar-refractivity contribution >= 4 is 19.2 Å². The lowest BCUT2D eigenvalue weighted by Crippen LogP contribution is -3.00. The van der Waals surface area contributed by atoms with E-state index in [1.807, 2.05) is 54.6 Å². The second-order valence-corrected chi connectivity index (χ2v) is 10.9. The Morgan fingerprint density at radius 1 is 0.914 bits per heavy atom. The summed E-state index contributed by atoms with van der Waals surface area (Å²) < 4.78 is 13.3. The molecule has 0 radical (unpaired) electrons. The first kappa shape index (κ1) is 28.5. The van der Waals surface area contributed by atoms with Crippen LogP contribution in [0.15, 0.2) is 84.9 Å². The summed E-state index contributed by atoms with van der Waals surface area (Å²) in [5, 5.41) is 11.6. The van der Waals surface area contributed by atoms with Crippen LogP contribution in [0.1, 0.15) is 23.8 Å². The molecule has 0 bridgehead atoms. The number of carboxylic acids is 1. The van der Waals surface area contributed by atoms with Gasteiger partial charge < -0.3 is 38.0 Å². The number of halogens is 1. The van der Waals surface area contributed by atoms with E-state index >= 15 is 0 Å². The standard InChI is InChI=1S/C26H29N2O5P.BrH/c1-18(26(30)31)28-25(29)23(17-34(32,33)24(27)22-10-6-3-7-11-22)16-19-12-14-21(15-13-19)20-8-4-2-5-9-20;/h2-15,18,23-24H,16-17,27H2,1H3,(H,28,29)(H,30,31)(H,32,33);1H/t18-,23-,24+;/m0./s1. The molecule has 0 fully saturated rings. The zero-order valence-electron chi connectivity index (χ0n) is 19.4. The number of nitrogens with one attached hydrogen (secondary N) is 1. The highest BCUT2D eigenvalue weighted by Crippen LogP contribution is 2.52. The van der Waals surface area contributed by atoms with E-state index < -0.39 is 37.0 Å². The molecule has 7 nitrogen and oxygen atoms in total. The molecule has 3 aromatic carbocycles. The van der Waals surface area contributed by atoms with Gasteiger partial charge in [-0.1, -0.05) is 84.9 Å². The zero-order valence-corrected chi connectivity index (χ0v) is 21.9. The first-order chi connectivity index (χ1) is 16.2. The van der Waals surface area contributed by atoms with Crippen LogP contribution in [-0.4, -0.2) is 34.1 Å². The van der Waals surface area contributed by atoms with Gasteiger partial charge in [0.2, 0.25) is 5.91 Å². The van der Waals surface area contributed by atoms with Crippen LogP contribution in [0.5, 0.6) is 0 Å². The fraction of sp³-hybridized carbons (Fsp3) is 0.231. The molecule has 9 heteroatoms. The van der Waals surface area contributed by atoms with Crippen LogP contribution >= 0.6 is 7.37 Å². The Balaban J connectivity index is 0.00000432. The van der Waals surface area contributed by atoms with E-state index in [2.05, 4.69) is 11.1 Å². The summed E-state index contributed by atoms with van der Waals surface area (Å²) in [6.07, 6.45) is -0.117. The number of hydrogen-bond acceptors (Lipinski definition) is 3. The third kappa shape index (κ3) is 7.87. The van der Waals surface area contributed by atoms with Crippen molar-refractivity contribution in [3.63, 3.8) is 0 Å². The van der Waals surface area contributed by atoms with Crippen LogP contribution in [0.25, 0.3) is 11.1 Å². The van der Waals surface area contributed by atoms with E-state index in [1.54, 1.807) is 30.3 Å². The number of rotatable bonds is 10. The largest absolute Gasteiger partial charge is 1.00 e. The number of hydrogen-bond donors (Lipinski definition) is 4. The average molecular weight is 561 g/mol. The van der Waals surface area contributed by atoms with Crippen molar-refractivity contribution in [1.29, 1.82) is 0 Å². The molecule has 0 aliphatic heterocycles. The van der Waals surface area contributed by atoms with Gasteiger partial charge in [0.1, 0.15) is 6.04 Å². The van der Waals surface area contributed by atoms with Gasteiger partial charge in [-0.25, -0.2) is 0 Å². The molecular weight excluding hydrogens is 531 g/mol. The predicted molar refractivity (Wildman–Crippen MR) is 131 cm³/mol. The molecule has 0 aliphatic rings. The monoisotopic (exact) mass is 560 g/mol. The Bertz CT molecular complexity index is 1160. The zero-order chi connectivity index (χ0) is 24.7. The van der Waals surface area contributed by atoms with E-state index in [9.17, 15) is 24.2 Å². The maximum Gasteiger partial charge on any atom is 0.325 e. The maximum atomic E-state index is 13.3. The van der Waals surface area contributed by atoms with Gasteiger partial charge in [0.15, 0.2) is 5.78 Å². The van der Waals surface area contributed by atoms with Gasteiger partial charge in [-0.2, -0.15) is 0 Å². The van der Waals surface area contributed by atoms with Crippen LogP contribution in [-0.2, 0) is 20.6 Å². The molecule has 3 rings (SSSR count). The minimum atomic E-state index is -3.90. The van der Waals surface area contributed by atoms with Crippen molar-refractivity contribution in [3.8, 4) is 11.1 Å². The van der Waals surface area contributed by atoms with Crippen molar-refractivity contribution in [2.45, 2.75) is 25.2 Å². The number of carbonyl (C=O) groups excluding carboxylic acids is 1. The molecule has 6 N–H and O–H groups in total. The number of quaternary nitrogens is 1. The van der Waals surface area contributed by atoms with E-state index in [0.717, 1.165) is 16.7 Å². The third-order valence-corrected chi connectivity index (χ3v) is 8.03. The maximum absolute atomic E-state index is 13.3. The van der Waals surface area contributed by atoms with Crippen molar-refractivity contribution < 1.29 is 46.9 Å². The highest BCUT2D eigenvalue weighted by atomic mass is 79.9. The molecule has 3 aromatic rings. The van der Waals surface area contributed by atoms with Crippen molar-refractivity contribution in [2.75, 3.05) is 6.16 Å². The number of amides is 1. The lowest BCUT2D eigenvalue weighted by atomic mass is 9.97. The van der Waals surface area contributed by atoms with E-state index in [-0.39, 0.29) is 29.6 Å². The molecule has 0 heterocycles. The summed E-state index contributed by atoms with van der Waals surface area (Å²) in [4.78, 5) is 35.1. The van der Waals surface area contributed by atoms with Gasteiger partial charge in [-0.3, -0.25) is 14.2 Å². The number of benzene rings is 3. The van der Waals surface area contributed by atoms with Gasteiger partial charge in [-0.05, 0) is 30.0 Å². The average Bonchev–Trinajstić information content (AvgIpc) is 2.84. The Morgan fingerprint density at radius 2 is 1.43 bits per heavy atom. The van der Waals surface area contributed by atoms with Gasteiger partial charge in [0.05, 0.1) is 5.92 Å². The van der Waals surface area contributed by atoms with Crippen LogP contribution in [0.2, 0.25) is 0 Å². The lowest BCUT2D eigenvalue weighted by Gasteiger charge is -2.23. The molecule has 0 spiro atoms. The fourth-order valence-electron chi connectivity index (χ4n) is 3.73. The Kier molecular flexibility index (Phi) is 10.4. The molecule has 0 saturated heterocycles. The number of aliphatic carboxylic acids is 1. The normalized spacial score (nSPS) is 15.1. The molecule has 1 unspecified atom stereocenters. The molecule has 0 aliphatic carbocycles. The third-order valence-electron chi connectivity index (χ3n) is 5.80. The fourth-order valence-corrected chi connectivity index (χ4v) is 5.55.